The molecule has 1 unspecified atom stereocenters. The SMILES string of the molecule is C#CCOC(=O)O[C@@H]1[C@@H](NC(=O)OCC(Cl)(Cl)Cl)[C@@H](OCC=C)O[C@@H]2COC(c3ccccc3)O[C@@H]12. The molecule has 36 heavy (non-hydrogen) atoms. The van der Waals surface area contributed by atoms with E-state index in [-0.39, 0.29) is 19.8 Å². The molecule has 2 heterocycles. The first-order valence-corrected chi connectivity index (χ1v) is 11.8. The average Bonchev–Trinajstić information content (AvgIpc) is 2.86. The highest BCUT2D eigenvalue weighted by molar-refractivity contribution is 6.67. The van der Waals surface area contributed by atoms with E-state index in [1.165, 1.54) is 6.08 Å². The number of hydrogen-bond donors (Lipinski definition) is 1. The van der Waals surface area contributed by atoms with Gasteiger partial charge in [0.15, 0.2) is 25.3 Å². The summed E-state index contributed by atoms with van der Waals surface area (Å²) in [5, 5.41) is 2.53. The van der Waals surface area contributed by atoms with Crippen LogP contribution in [0.1, 0.15) is 11.9 Å². The number of fused-ring (bicyclic) bond motifs is 1. The Balaban J connectivity index is 1.87. The van der Waals surface area contributed by atoms with Gasteiger partial charge in [-0.25, -0.2) is 9.59 Å². The van der Waals surface area contributed by atoms with Crippen molar-refractivity contribution in [2.24, 2.45) is 0 Å². The molecule has 0 spiro atoms. The Bertz CT molecular complexity index is 937. The van der Waals surface area contributed by atoms with Gasteiger partial charge in [-0.2, -0.15) is 0 Å². The van der Waals surface area contributed by atoms with Gasteiger partial charge in [0.25, 0.3) is 0 Å². The first-order valence-electron chi connectivity index (χ1n) is 10.7. The summed E-state index contributed by atoms with van der Waals surface area (Å²) in [6, 6.07) is 7.97. The van der Waals surface area contributed by atoms with Crippen LogP contribution in [0.4, 0.5) is 9.59 Å². The van der Waals surface area contributed by atoms with E-state index in [9.17, 15) is 9.59 Å². The van der Waals surface area contributed by atoms with Crippen LogP contribution in [0.25, 0.3) is 0 Å². The largest absolute Gasteiger partial charge is 0.509 e. The number of rotatable bonds is 8. The lowest BCUT2D eigenvalue weighted by Gasteiger charge is -2.48. The zero-order valence-electron chi connectivity index (χ0n) is 18.8. The van der Waals surface area contributed by atoms with Gasteiger partial charge in [0.2, 0.25) is 3.79 Å². The molecular weight excluding hydrogens is 541 g/mol. The molecule has 196 valence electrons. The molecule has 0 bridgehead atoms. The van der Waals surface area contributed by atoms with Crippen molar-refractivity contribution in [3.63, 3.8) is 0 Å². The van der Waals surface area contributed by atoms with Crippen LogP contribution in [-0.2, 0) is 33.2 Å². The molecule has 0 aliphatic carbocycles. The molecule has 1 aromatic carbocycles. The predicted octanol–water partition coefficient (Wildman–Crippen LogP) is 3.65. The maximum atomic E-state index is 12.5. The van der Waals surface area contributed by atoms with Gasteiger partial charge in [-0.15, -0.1) is 13.0 Å². The predicted molar refractivity (Wildman–Crippen MR) is 128 cm³/mol. The normalized spacial score (nSPS) is 27.6. The van der Waals surface area contributed by atoms with Gasteiger partial charge in [-0.3, -0.25) is 0 Å². The third-order valence-electron chi connectivity index (χ3n) is 4.95. The molecule has 2 aliphatic rings. The smallest absolute Gasteiger partial charge is 0.445 e. The van der Waals surface area contributed by atoms with Crippen LogP contribution < -0.4 is 5.32 Å². The first kappa shape index (κ1) is 28.3. The average molecular weight is 565 g/mol. The minimum absolute atomic E-state index is 0.0477. The highest BCUT2D eigenvalue weighted by Gasteiger charge is 2.53. The molecular formula is C23H24Cl3NO9. The molecule has 1 aromatic rings. The summed E-state index contributed by atoms with van der Waals surface area (Å²) in [5.74, 6) is 2.17. The van der Waals surface area contributed by atoms with Gasteiger partial charge in [0.1, 0.15) is 24.9 Å². The molecule has 2 fully saturated rings. The Morgan fingerprint density at radius 2 is 1.97 bits per heavy atom. The molecule has 0 saturated carbocycles. The Kier molecular flexibility index (Phi) is 10.5. The zero-order chi connectivity index (χ0) is 26.1. The van der Waals surface area contributed by atoms with Gasteiger partial charge in [0.05, 0.1) is 13.2 Å². The zero-order valence-corrected chi connectivity index (χ0v) is 21.1. The molecule has 2 saturated heterocycles. The number of alkyl carbamates (subject to hydrolysis) is 1. The summed E-state index contributed by atoms with van der Waals surface area (Å²) < 4.78 is 37.2. The minimum atomic E-state index is -1.84. The Labute approximate surface area is 223 Å². The molecule has 10 nitrogen and oxygen atoms in total. The van der Waals surface area contributed by atoms with Gasteiger partial charge < -0.3 is 38.5 Å². The Morgan fingerprint density at radius 1 is 1.22 bits per heavy atom. The molecule has 0 radical (unpaired) electrons. The van der Waals surface area contributed by atoms with Crippen molar-refractivity contribution in [1.29, 1.82) is 0 Å². The van der Waals surface area contributed by atoms with E-state index in [0.29, 0.717) is 0 Å². The number of alkyl halides is 3. The number of carbonyl (C=O) groups is 2. The van der Waals surface area contributed by atoms with Crippen molar-refractivity contribution in [3.8, 4) is 12.3 Å². The second-order valence-corrected chi connectivity index (χ2v) is 10.0. The van der Waals surface area contributed by atoms with Crippen molar-refractivity contribution in [2.75, 3.05) is 26.4 Å². The van der Waals surface area contributed by atoms with Crippen LogP contribution >= 0.6 is 34.8 Å². The lowest BCUT2D eigenvalue weighted by atomic mass is 9.95. The molecule has 0 aromatic heterocycles. The number of halogens is 3. The lowest BCUT2D eigenvalue weighted by Crippen LogP contribution is -2.67. The number of carbonyl (C=O) groups excluding carboxylic acids is 2. The number of benzene rings is 1. The lowest BCUT2D eigenvalue weighted by molar-refractivity contribution is -0.343. The topological polar surface area (TPSA) is 111 Å². The summed E-state index contributed by atoms with van der Waals surface area (Å²) in [7, 11) is 0. The van der Waals surface area contributed by atoms with Gasteiger partial charge in [-0.05, 0) is 0 Å². The van der Waals surface area contributed by atoms with Crippen LogP contribution in [0, 0.1) is 12.3 Å². The van der Waals surface area contributed by atoms with Crippen LogP contribution in [0.3, 0.4) is 0 Å². The standard InChI is InChI=1S/C23H24Cl3NO9/c1-3-10-30-20-16(27-21(28)33-13-23(24,25)26)18(36-22(29)31-11-4-2)17-15(34-20)12-32-19(35-17)14-8-6-5-7-9-14/h2-3,5-9,15-20H,1,10-13H2,(H,27,28)/t15-,16-,17-,18-,19?,20+/m1/s1. The fourth-order valence-electron chi connectivity index (χ4n) is 3.52. The number of amides is 1. The summed E-state index contributed by atoms with van der Waals surface area (Å²) in [6.45, 7) is 2.85. The fourth-order valence-corrected chi connectivity index (χ4v) is 3.68. The van der Waals surface area contributed by atoms with Crippen molar-refractivity contribution >= 4 is 47.1 Å². The van der Waals surface area contributed by atoms with Gasteiger partial charge >= 0.3 is 12.2 Å². The van der Waals surface area contributed by atoms with E-state index < -0.39 is 59.6 Å². The maximum Gasteiger partial charge on any atom is 0.509 e. The van der Waals surface area contributed by atoms with Crippen molar-refractivity contribution in [2.45, 2.75) is 40.7 Å². The molecule has 3 rings (SSSR count). The van der Waals surface area contributed by atoms with E-state index >= 15 is 0 Å². The van der Waals surface area contributed by atoms with E-state index in [0.717, 1.165) is 5.56 Å². The number of hydrogen-bond acceptors (Lipinski definition) is 9. The van der Waals surface area contributed by atoms with E-state index in [2.05, 4.69) is 17.8 Å². The van der Waals surface area contributed by atoms with Gasteiger partial charge in [-0.1, -0.05) is 77.1 Å². The number of ether oxygens (including phenoxy) is 7. The number of nitrogens with one attached hydrogen (secondary N) is 1. The molecule has 1 N–H and O–H groups in total. The molecule has 13 heteroatoms. The van der Waals surface area contributed by atoms with Crippen molar-refractivity contribution < 1.29 is 42.7 Å². The van der Waals surface area contributed by atoms with Crippen molar-refractivity contribution in [1.82, 2.24) is 5.32 Å². The Hall–Kier alpha value is -2.23. The van der Waals surface area contributed by atoms with E-state index in [1.54, 1.807) is 0 Å². The maximum absolute atomic E-state index is 12.5. The summed E-state index contributed by atoms with van der Waals surface area (Å²) in [6.07, 6.45) is -0.201. The van der Waals surface area contributed by atoms with Crippen LogP contribution in [0.5, 0.6) is 0 Å². The quantitative estimate of drug-likeness (QED) is 0.219. The monoisotopic (exact) mass is 563 g/mol. The highest BCUT2D eigenvalue weighted by atomic mass is 35.6. The molecule has 2 aliphatic heterocycles. The third-order valence-corrected chi connectivity index (χ3v) is 5.27. The second kappa shape index (κ2) is 13.4. The summed E-state index contributed by atoms with van der Waals surface area (Å²) >= 11 is 17.0. The van der Waals surface area contributed by atoms with E-state index in [1.807, 2.05) is 30.3 Å². The fraction of sp³-hybridized carbons (Fsp3) is 0.478. The van der Waals surface area contributed by atoms with E-state index in [4.69, 9.17) is 74.4 Å². The Morgan fingerprint density at radius 3 is 2.64 bits per heavy atom. The molecule has 1 amide bonds. The minimum Gasteiger partial charge on any atom is -0.445 e. The first-order chi connectivity index (χ1) is 17.2. The van der Waals surface area contributed by atoms with Crippen LogP contribution in [-0.4, -0.2) is 73.1 Å². The van der Waals surface area contributed by atoms with Crippen LogP contribution in [0.2, 0.25) is 0 Å². The summed E-state index contributed by atoms with van der Waals surface area (Å²) in [5.41, 5.74) is 0.723. The highest BCUT2D eigenvalue weighted by Crippen LogP contribution is 2.36. The second-order valence-electron chi connectivity index (χ2n) is 7.53. The van der Waals surface area contributed by atoms with Crippen LogP contribution in [0.15, 0.2) is 43.0 Å². The molecule has 6 atom stereocenters. The van der Waals surface area contributed by atoms with Gasteiger partial charge in [0, 0.05) is 5.56 Å². The number of terminal acetylenes is 1. The van der Waals surface area contributed by atoms with Crippen molar-refractivity contribution in [3.05, 3.63) is 48.6 Å². The summed E-state index contributed by atoms with van der Waals surface area (Å²) in [4.78, 5) is 24.9. The third kappa shape index (κ3) is 8.15.